The number of amides is 5. The summed E-state index contributed by atoms with van der Waals surface area (Å²) in [6.07, 6.45) is -1.46. The van der Waals surface area contributed by atoms with Crippen LogP contribution in [-0.4, -0.2) is 131 Å². The van der Waals surface area contributed by atoms with Gasteiger partial charge in [-0.15, -0.1) is 0 Å². The van der Waals surface area contributed by atoms with Crippen molar-refractivity contribution in [3.63, 3.8) is 0 Å². The average molecular weight is 934 g/mol. The fourth-order valence-electron chi connectivity index (χ4n) is 7.62. The number of unbranched alkanes of at least 4 members (excludes halogenated alkanes) is 1. The predicted molar refractivity (Wildman–Crippen MR) is 247 cm³/mol. The summed E-state index contributed by atoms with van der Waals surface area (Å²) in [5.41, 5.74) is 0.993. The third-order valence-corrected chi connectivity index (χ3v) is 12.5. The summed E-state index contributed by atoms with van der Waals surface area (Å²) >= 11 is 0. The molecule has 0 unspecified atom stereocenters. The molecule has 0 aromatic heterocycles. The lowest BCUT2D eigenvalue weighted by molar-refractivity contribution is -0.166. The molecule has 0 bridgehead atoms. The maximum atomic E-state index is 14.3. The standard InChI is InChI=1S/C47H75N5O12S/c1-13-31(6)41(36(61-11)27-38(53)48-25-19-20-26-63-46(62-12)32(7)43(55)49-33(8)42(54)34-21-15-14-16-22-34)51(9)45(57)39(29(2)3)50-44(56)40(30(4)5)52(10)47(58)64-28-35-23-17-18-24-37(35)65(59)60/h14-18,21-24,29-33,36,39-42,46,54,65H,13,19-20,25-28H2,1-12H3,(H,48,53)(H,49,55)(H,50,56)/t31-,32-,33+,36+,39-,40-,41-,42+,46-/m0/s1. The molecule has 0 saturated carbocycles. The van der Waals surface area contributed by atoms with E-state index in [9.17, 15) is 37.5 Å². The Morgan fingerprint density at radius 2 is 1.42 bits per heavy atom. The summed E-state index contributed by atoms with van der Waals surface area (Å²) in [7, 11) is 3.08. The van der Waals surface area contributed by atoms with Crippen LogP contribution < -0.4 is 16.0 Å². The SMILES string of the molecule is CC[C@H](C)[C@@H]([C@@H](CC(=O)NCCCCO[C@H](OC)[C@@H](C)C(=O)N[C@H](C)[C@@H](O)c1ccccc1)OC)N(C)C(=O)[C@@H](NC(=O)[C@H](C(C)C)N(C)C(=O)OCc1ccccc1[SH](=O)=O)C(C)C. The molecule has 0 spiro atoms. The van der Waals surface area contributed by atoms with Crippen LogP contribution >= 0.6 is 0 Å². The molecular formula is C47H75N5O12S. The van der Waals surface area contributed by atoms with E-state index < -0.39 is 83.1 Å². The van der Waals surface area contributed by atoms with E-state index in [4.69, 9.17) is 18.9 Å². The van der Waals surface area contributed by atoms with Crippen LogP contribution in [-0.2, 0) is 55.4 Å². The molecule has 0 radical (unpaired) electrons. The smallest absolute Gasteiger partial charge is 0.410 e. The summed E-state index contributed by atoms with van der Waals surface area (Å²) in [5.74, 6) is -3.08. The van der Waals surface area contributed by atoms with E-state index in [-0.39, 0.29) is 48.2 Å². The molecule has 9 atom stereocenters. The van der Waals surface area contributed by atoms with Crippen molar-refractivity contribution in [1.29, 1.82) is 0 Å². The third kappa shape index (κ3) is 17.3. The predicted octanol–water partition coefficient (Wildman–Crippen LogP) is 4.43. The van der Waals surface area contributed by atoms with Crippen molar-refractivity contribution in [3.8, 4) is 0 Å². The molecule has 4 N–H and O–H groups in total. The zero-order valence-corrected chi connectivity index (χ0v) is 41.2. The largest absolute Gasteiger partial charge is 0.444 e. The topological polar surface area (TPSA) is 219 Å². The normalized spacial score (nSPS) is 15.8. The lowest BCUT2D eigenvalue weighted by Crippen LogP contribution is -2.60. The first-order valence-electron chi connectivity index (χ1n) is 22.4. The minimum Gasteiger partial charge on any atom is -0.444 e. The number of methoxy groups -OCH3 is 2. The second kappa shape index (κ2) is 28.4. The highest BCUT2D eigenvalue weighted by Gasteiger charge is 2.40. The molecule has 17 nitrogen and oxygen atoms in total. The lowest BCUT2D eigenvalue weighted by Gasteiger charge is -2.40. The number of carbonyl (C=O) groups excluding carboxylic acids is 5. The van der Waals surface area contributed by atoms with E-state index in [1.807, 2.05) is 32.0 Å². The number of nitrogens with one attached hydrogen (secondary N) is 3. The highest BCUT2D eigenvalue weighted by Crippen LogP contribution is 2.24. The zero-order chi connectivity index (χ0) is 49.0. The Morgan fingerprint density at radius 3 is 1.98 bits per heavy atom. The zero-order valence-electron chi connectivity index (χ0n) is 40.3. The number of nitrogens with zero attached hydrogens (tertiary/aromatic N) is 2. The Balaban J connectivity index is 2.00. The molecule has 5 amide bonds. The Morgan fingerprint density at radius 1 is 0.785 bits per heavy atom. The number of hydrogen-bond acceptors (Lipinski definition) is 12. The van der Waals surface area contributed by atoms with Gasteiger partial charge < -0.3 is 44.9 Å². The van der Waals surface area contributed by atoms with Gasteiger partial charge in [0.25, 0.3) is 0 Å². The number of likely N-dealkylation sites (N-methyl/N-ethyl adjacent to an activating group) is 2. The van der Waals surface area contributed by atoms with Crippen molar-refractivity contribution < 1.29 is 56.4 Å². The molecule has 2 aromatic rings. The Kier molecular flexibility index (Phi) is 24.7. The summed E-state index contributed by atoms with van der Waals surface area (Å²) in [6.45, 7) is 14.8. The molecule has 366 valence electrons. The van der Waals surface area contributed by atoms with Crippen molar-refractivity contribution in [3.05, 3.63) is 65.7 Å². The number of thiol groups is 1. The summed E-state index contributed by atoms with van der Waals surface area (Å²) in [4.78, 5) is 70.4. The van der Waals surface area contributed by atoms with E-state index in [1.165, 1.54) is 38.3 Å². The number of carbonyl (C=O) groups is 5. The van der Waals surface area contributed by atoms with Crippen LogP contribution in [0.5, 0.6) is 0 Å². The molecule has 0 aliphatic carbocycles. The van der Waals surface area contributed by atoms with Crippen molar-refractivity contribution >= 4 is 40.4 Å². The van der Waals surface area contributed by atoms with Crippen molar-refractivity contribution in [1.82, 2.24) is 25.8 Å². The molecule has 18 heteroatoms. The van der Waals surface area contributed by atoms with Crippen LogP contribution in [0, 0.1) is 23.7 Å². The quantitative estimate of drug-likeness (QED) is 0.0455. The van der Waals surface area contributed by atoms with Gasteiger partial charge in [-0.3, -0.25) is 24.1 Å². The summed E-state index contributed by atoms with van der Waals surface area (Å²) in [5, 5.41) is 19.3. The summed E-state index contributed by atoms with van der Waals surface area (Å²) in [6, 6.07) is 12.1. The molecule has 0 aliphatic heterocycles. The van der Waals surface area contributed by atoms with Crippen LogP contribution in [0.25, 0.3) is 0 Å². The third-order valence-electron chi connectivity index (χ3n) is 11.7. The molecular weight excluding hydrogens is 859 g/mol. The van der Waals surface area contributed by atoms with Gasteiger partial charge in [0.05, 0.1) is 41.5 Å². The maximum Gasteiger partial charge on any atom is 0.410 e. The fourth-order valence-corrected chi connectivity index (χ4v) is 8.20. The van der Waals surface area contributed by atoms with Gasteiger partial charge in [0.15, 0.2) is 17.0 Å². The molecule has 0 aliphatic rings. The number of rotatable bonds is 28. The van der Waals surface area contributed by atoms with Gasteiger partial charge >= 0.3 is 6.09 Å². The number of ether oxygens (including phenoxy) is 4. The number of aliphatic hydroxyl groups is 1. The van der Waals surface area contributed by atoms with Gasteiger partial charge in [0.2, 0.25) is 23.6 Å². The number of aliphatic hydroxyl groups excluding tert-OH is 1. The number of benzene rings is 2. The van der Waals surface area contributed by atoms with Crippen molar-refractivity contribution in [2.24, 2.45) is 23.7 Å². The van der Waals surface area contributed by atoms with Crippen LogP contribution in [0.2, 0.25) is 0 Å². The van der Waals surface area contributed by atoms with E-state index in [2.05, 4.69) is 16.0 Å². The van der Waals surface area contributed by atoms with Gasteiger partial charge in [0.1, 0.15) is 18.7 Å². The number of hydrogen-bond donors (Lipinski definition) is 5. The lowest BCUT2D eigenvalue weighted by atomic mass is 9.89. The first-order chi connectivity index (χ1) is 30.7. The van der Waals surface area contributed by atoms with Gasteiger partial charge in [-0.1, -0.05) is 96.5 Å². The Labute approximate surface area is 387 Å². The first-order valence-corrected chi connectivity index (χ1v) is 23.6. The van der Waals surface area contributed by atoms with Crippen LogP contribution in [0.3, 0.4) is 0 Å². The molecule has 0 saturated heterocycles. The molecule has 0 fully saturated rings. The van der Waals surface area contributed by atoms with Crippen LogP contribution in [0.4, 0.5) is 4.79 Å². The first kappa shape index (κ1) is 56.5. The van der Waals surface area contributed by atoms with Gasteiger partial charge in [-0.2, -0.15) is 0 Å². The van der Waals surface area contributed by atoms with Crippen molar-refractivity contribution in [2.45, 2.75) is 135 Å². The van der Waals surface area contributed by atoms with E-state index in [0.717, 1.165) is 4.90 Å². The van der Waals surface area contributed by atoms with Crippen molar-refractivity contribution in [2.75, 3.05) is 41.5 Å². The van der Waals surface area contributed by atoms with E-state index >= 15 is 0 Å². The second-order valence-corrected chi connectivity index (χ2v) is 18.2. The molecule has 0 heterocycles. The highest BCUT2D eigenvalue weighted by molar-refractivity contribution is 7.72. The van der Waals surface area contributed by atoms with E-state index in [1.54, 1.807) is 72.9 Å². The Bertz CT molecular complexity index is 1870. The Hall–Kier alpha value is -4.62. The molecule has 65 heavy (non-hydrogen) atoms. The summed E-state index contributed by atoms with van der Waals surface area (Å²) < 4.78 is 46.0. The van der Waals surface area contributed by atoms with Crippen LogP contribution in [0.15, 0.2) is 59.5 Å². The minimum absolute atomic E-state index is 0.0315. The van der Waals surface area contributed by atoms with Crippen LogP contribution in [0.1, 0.15) is 98.3 Å². The molecule has 2 rings (SSSR count). The van der Waals surface area contributed by atoms with E-state index in [0.29, 0.717) is 36.9 Å². The van der Waals surface area contributed by atoms with Gasteiger partial charge in [0, 0.05) is 47.0 Å². The average Bonchev–Trinajstić information content (AvgIpc) is 3.28. The monoisotopic (exact) mass is 934 g/mol. The van der Waals surface area contributed by atoms with Gasteiger partial charge in [-0.05, 0) is 56.1 Å². The molecule has 2 aromatic carbocycles. The van der Waals surface area contributed by atoms with Gasteiger partial charge in [-0.25, -0.2) is 13.2 Å². The second-order valence-electron chi connectivity index (χ2n) is 17.2. The minimum atomic E-state index is -2.91. The highest BCUT2D eigenvalue weighted by atomic mass is 32.2. The fraction of sp³-hybridized carbons (Fsp3) is 0.638. The maximum absolute atomic E-state index is 14.3.